The molecule has 3 nitrogen and oxygen atoms in total. The molecule has 19 heavy (non-hydrogen) atoms. The molecule has 1 aromatic carbocycles. The van der Waals surface area contributed by atoms with E-state index in [0.717, 1.165) is 36.8 Å². The number of hydrogen-bond acceptors (Lipinski definition) is 3. The summed E-state index contributed by atoms with van der Waals surface area (Å²) in [5.41, 5.74) is 2.36. The normalized spacial score (nSPS) is 12.5. The zero-order chi connectivity index (χ0) is 14.3. The van der Waals surface area contributed by atoms with E-state index in [9.17, 15) is 0 Å². The summed E-state index contributed by atoms with van der Waals surface area (Å²) in [4.78, 5) is 2.26. The van der Waals surface area contributed by atoms with Crippen molar-refractivity contribution in [1.82, 2.24) is 5.32 Å². The Morgan fingerprint density at radius 1 is 1.42 bits per heavy atom. The summed E-state index contributed by atoms with van der Waals surface area (Å²) in [5.74, 6) is 0. The van der Waals surface area contributed by atoms with Crippen LogP contribution in [0.4, 0.5) is 5.69 Å². The molecular weight excluding hydrogens is 260 g/mol. The lowest BCUT2D eigenvalue weighted by atomic mass is 10.1. The van der Waals surface area contributed by atoms with E-state index in [1.807, 2.05) is 12.1 Å². The van der Waals surface area contributed by atoms with E-state index in [0.29, 0.717) is 6.04 Å². The maximum absolute atomic E-state index is 6.37. The molecule has 0 aliphatic rings. The molecular formula is C15H25ClN2O. The summed E-state index contributed by atoms with van der Waals surface area (Å²) in [6, 6.07) is 6.55. The van der Waals surface area contributed by atoms with Gasteiger partial charge in [-0.2, -0.15) is 0 Å². The fraction of sp³-hybridized carbons (Fsp3) is 0.600. The first-order valence-electron chi connectivity index (χ1n) is 6.81. The minimum atomic E-state index is 0.470. The highest BCUT2D eigenvalue weighted by Crippen LogP contribution is 2.30. The van der Waals surface area contributed by atoms with Gasteiger partial charge in [0.05, 0.1) is 17.3 Å². The molecule has 0 heterocycles. The first kappa shape index (κ1) is 16.3. The number of para-hydroxylation sites is 1. The summed E-state index contributed by atoms with van der Waals surface area (Å²) >= 11 is 6.37. The molecule has 0 aromatic heterocycles. The van der Waals surface area contributed by atoms with Crippen LogP contribution in [0.5, 0.6) is 0 Å². The quantitative estimate of drug-likeness (QED) is 0.741. The number of halogens is 1. The highest BCUT2D eigenvalue weighted by atomic mass is 35.5. The molecule has 0 saturated heterocycles. The lowest BCUT2D eigenvalue weighted by Crippen LogP contribution is -2.30. The number of benzene rings is 1. The van der Waals surface area contributed by atoms with Crippen LogP contribution in [-0.4, -0.2) is 33.4 Å². The maximum atomic E-state index is 6.37. The van der Waals surface area contributed by atoms with Crippen LogP contribution in [0.3, 0.4) is 0 Å². The Balaban J connectivity index is 2.82. The average Bonchev–Trinajstić information content (AvgIpc) is 2.42. The van der Waals surface area contributed by atoms with Crippen molar-refractivity contribution in [3.63, 3.8) is 0 Å². The van der Waals surface area contributed by atoms with Crippen molar-refractivity contribution in [2.24, 2.45) is 0 Å². The third kappa shape index (κ3) is 4.68. The van der Waals surface area contributed by atoms with Gasteiger partial charge in [0.2, 0.25) is 0 Å². The molecule has 1 rings (SSSR count). The van der Waals surface area contributed by atoms with Gasteiger partial charge in [0, 0.05) is 33.3 Å². The molecule has 108 valence electrons. The molecule has 0 amide bonds. The van der Waals surface area contributed by atoms with E-state index in [-0.39, 0.29) is 0 Å². The fourth-order valence-electron chi connectivity index (χ4n) is 1.99. The predicted molar refractivity (Wildman–Crippen MR) is 83.2 cm³/mol. The number of rotatable bonds is 8. The molecule has 1 atom stereocenters. The zero-order valence-electron chi connectivity index (χ0n) is 12.4. The molecule has 0 fully saturated rings. The second kappa shape index (κ2) is 8.41. The summed E-state index contributed by atoms with van der Waals surface area (Å²) in [6.45, 7) is 6.77. The van der Waals surface area contributed by atoms with E-state index < -0.39 is 0 Å². The van der Waals surface area contributed by atoms with E-state index in [4.69, 9.17) is 16.3 Å². The van der Waals surface area contributed by atoms with E-state index in [2.05, 4.69) is 37.2 Å². The molecule has 0 radical (unpaired) electrons. The van der Waals surface area contributed by atoms with Crippen LogP contribution >= 0.6 is 11.6 Å². The first-order valence-corrected chi connectivity index (χ1v) is 7.19. The Morgan fingerprint density at radius 2 is 2.16 bits per heavy atom. The average molecular weight is 285 g/mol. The second-order valence-electron chi connectivity index (χ2n) is 4.79. The topological polar surface area (TPSA) is 24.5 Å². The van der Waals surface area contributed by atoms with Crippen molar-refractivity contribution in [2.45, 2.75) is 32.9 Å². The van der Waals surface area contributed by atoms with Gasteiger partial charge >= 0.3 is 0 Å². The fourth-order valence-corrected chi connectivity index (χ4v) is 2.32. The van der Waals surface area contributed by atoms with Gasteiger partial charge in [-0.25, -0.2) is 0 Å². The summed E-state index contributed by atoms with van der Waals surface area (Å²) < 4.78 is 5.04. The number of ether oxygens (including phenoxy) is 1. The van der Waals surface area contributed by atoms with E-state index in [1.165, 1.54) is 5.56 Å². The first-order chi connectivity index (χ1) is 9.11. The smallest absolute Gasteiger partial charge is 0.0642 e. The molecule has 1 unspecified atom stereocenters. The van der Waals surface area contributed by atoms with Crippen LogP contribution in [-0.2, 0) is 11.3 Å². The van der Waals surface area contributed by atoms with Gasteiger partial charge in [-0.15, -0.1) is 0 Å². The van der Waals surface area contributed by atoms with Crippen LogP contribution in [0.1, 0.15) is 25.8 Å². The molecule has 1 aromatic rings. The lowest BCUT2D eigenvalue weighted by Gasteiger charge is -2.29. The van der Waals surface area contributed by atoms with Gasteiger partial charge in [0.25, 0.3) is 0 Å². The minimum absolute atomic E-state index is 0.470. The van der Waals surface area contributed by atoms with Gasteiger partial charge < -0.3 is 15.0 Å². The number of hydrogen-bond donors (Lipinski definition) is 1. The van der Waals surface area contributed by atoms with Gasteiger partial charge in [0.1, 0.15) is 0 Å². The summed E-state index contributed by atoms with van der Waals surface area (Å²) in [5, 5.41) is 4.19. The van der Waals surface area contributed by atoms with Crippen molar-refractivity contribution >= 4 is 17.3 Å². The van der Waals surface area contributed by atoms with Crippen LogP contribution in [0, 0.1) is 0 Å². The number of nitrogens with zero attached hydrogens (tertiary/aromatic N) is 1. The van der Waals surface area contributed by atoms with Crippen LogP contribution in [0.2, 0.25) is 5.02 Å². The van der Waals surface area contributed by atoms with Gasteiger partial charge in [0.15, 0.2) is 0 Å². The largest absolute Gasteiger partial charge is 0.383 e. The van der Waals surface area contributed by atoms with Crippen molar-refractivity contribution < 1.29 is 4.74 Å². The van der Waals surface area contributed by atoms with Crippen molar-refractivity contribution in [1.29, 1.82) is 0 Å². The van der Waals surface area contributed by atoms with Gasteiger partial charge in [-0.3, -0.25) is 0 Å². The summed E-state index contributed by atoms with van der Waals surface area (Å²) in [7, 11) is 3.82. The third-order valence-corrected chi connectivity index (χ3v) is 3.78. The predicted octanol–water partition coefficient (Wildman–Crippen LogP) is 3.31. The Kier molecular flexibility index (Phi) is 7.21. The third-order valence-electron chi connectivity index (χ3n) is 3.47. The lowest BCUT2D eigenvalue weighted by molar-refractivity contribution is 0.199. The number of nitrogens with one attached hydrogen (secondary N) is 1. The number of methoxy groups -OCH3 is 1. The highest BCUT2D eigenvalue weighted by molar-refractivity contribution is 6.33. The van der Waals surface area contributed by atoms with Crippen molar-refractivity contribution in [3.8, 4) is 0 Å². The Hall–Kier alpha value is -0.770. The monoisotopic (exact) mass is 284 g/mol. The van der Waals surface area contributed by atoms with Gasteiger partial charge in [-0.05, 0) is 25.0 Å². The van der Waals surface area contributed by atoms with Crippen LogP contribution in [0.15, 0.2) is 18.2 Å². The molecule has 0 aliphatic heterocycles. The Labute approximate surface area is 121 Å². The Morgan fingerprint density at radius 3 is 2.79 bits per heavy atom. The van der Waals surface area contributed by atoms with Gasteiger partial charge in [-0.1, -0.05) is 30.7 Å². The Bertz CT molecular complexity index is 384. The molecule has 0 spiro atoms. The molecule has 1 N–H and O–H groups in total. The van der Waals surface area contributed by atoms with Crippen LogP contribution in [0.25, 0.3) is 0 Å². The molecule has 0 aliphatic carbocycles. The SMILES string of the molecule is CCC(C)N(C)c1c(Cl)cccc1CNCCOC. The highest BCUT2D eigenvalue weighted by Gasteiger charge is 2.15. The molecule has 4 heteroatoms. The van der Waals surface area contributed by atoms with Crippen LogP contribution < -0.4 is 10.2 Å². The van der Waals surface area contributed by atoms with Crippen molar-refractivity contribution in [3.05, 3.63) is 28.8 Å². The molecule has 0 bridgehead atoms. The number of anilines is 1. The summed E-state index contributed by atoms with van der Waals surface area (Å²) in [6.07, 6.45) is 1.10. The second-order valence-corrected chi connectivity index (χ2v) is 5.19. The van der Waals surface area contributed by atoms with E-state index >= 15 is 0 Å². The zero-order valence-corrected chi connectivity index (χ0v) is 13.1. The van der Waals surface area contributed by atoms with E-state index in [1.54, 1.807) is 7.11 Å². The standard InChI is InChI=1S/C15H25ClN2O/c1-5-12(2)18(3)15-13(7-6-8-14(15)16)11-17-9-10-19-4/h6-8,12,17H,5,9-11H2,1-4H3. The minimum Gasteiger partial charge on any atom is -0.383 e. The maximum Gasteiger partial charge on any atom is 0.0642 e. The van der Waals surface area contributed by atoms with Crippen molar-refractivity contribution in [2.75, 3.05) is 32.2 Å². The molecule has 0 saturated carbocycles.